The van der Waals surface area contributed by atoms with Crippen molar-refractivity contribution in [2.24, 2.45) is 0 Å². The maximum Gasteiger partial charge on any atom is 0.126 e. The summed E-state index contributed by atoms with van der Waals surface area (Å²) in [5.41, 5.74) is 4.61. The summed E-state index contributed by atoms with van der Waals surface area (Å²) in [6, 6.07) is 11.3. The molecule has 0 spiro atoms. The maximum absolute atomic E-state index is 5.45. The molecule has 1 unspecified atom stereocenters. The average Bonchev–Trinajstić information content (AvgIpc) is 2.61. The SMILES string of the molecule is Cc1nc(-c2ccc(C(C)N3CCOCC3)cc2)cc(C(C)C)n1. The van der Waals surface area contributed by atoms with Crippen LogP contribution in [-0.2, 0) is 4.74 Å². The van der Waals surface area contributed by atoms with Gasteiger partial charge in [-0.2, -0.15) is 0 Å². The molecule has 0 aliphatic carbocycles. The van der Waals surface area contributed by atoms with Gasteiger partial charge in [-0.3, -0.25) is 4.90 Å². The van der Waals surface area contributed by atoms with Gasteiger partial charge >= 0.3 is 0 Å². The van der Waals surface area contributed by atoms with Gasteiger partial charge in [0.2, 0.25) is 0 Å². The number of rotatable bonds is 4. The minimum Gasteiger partial charge on any atom is -0.379 e. The molecule has 1 aliphatic heterocycles. The predicted octanol–water partition coefficient (Wildman–Crippen LogP) is 3.97. The molecule has 4 heteroatoms. The van der Waals surface area contributed by atoms with Crippen LogP contribution in [0.4, 0.5) is 0 Å². The first kappa shape index (κ1) is 17.1. The number of hydrogen-bond acceptors (Lipinski definition) is 4. The Morgan fingerprint density at radius 3 is 2.29 bits per heavy atom. The summed E-state index contributed by atoms with van der Waals surface area (Å²) < 4.78 is 5.45. The van der Waals surface area contributed by atoms with Crippen molar-refractivity contribution < 1.29 is 4.74 Å². The minimum atomic E-state index is 0.408. The van der Waals surface area contributed by atoms with Gasteiger partial charge in [-0.25, -0.2) is 9.97 Å². The van der Waals surface area contributed by atoms with Crippen molar-refractivity contribution >= 4 is 0 Å². The van der Waals surface area contributed by atoms with Gasteiger partial charge in [0.05, 0.1) is 18.9 Å². The van der Waals surface area contributed by atoms with Crippen LogP contribution in [0, 0.1) is 6.92 Å². The lowest BCUT2D eigenvalue weighted by Crippen LogP contribution is -2.37. The number of morpholine rings is 1. The number of benzene rings is 1. The molecule has 0 amide bonds. The number of nitrogens with zero attached hydrogens (tertiary/aromatic N) is 3. The maximum atomic E-state index is 5.45. The monoisotopic (exact) mass is 325 g/mol. The molecule has 2 heterocycles. The van der Waals surface area contributed by atoms with E-state index in [4.69, 9.17) is 4.74 Å². The van der Waals surface area contributed by atoms with Crippen LogP contribution in [0.25, 0.3) is 11.3 Å². The Morgan fingerprint density at radius 2 is 1.67 bits per heavy atom. The van der Waals surface area contributed by atoms with Crippen molar-refractivity contribution in [1.29, 1.82) is 0 Å². The van der Waals surface area contributed by atoms with Gasteiger partial charge in [0.1, 0.15) is 5.82 Å². The topological polar surface area (TPSA) is 38.2 Å². The van der Waals surface area contributed by atoms with Gasteiger partial charge in [-0.05, 0) is 31.4 Å². The van der Waals surface area contributed by atoms with Crippen molar-refractivity contribution in [3.63, 3.8) is 0 Å². The van der Waals surface area contributed by atoms with Crippen LogP contribution in [0.2, 0.25) is 0 Å². The first-order chi connectivity index (χ1) is 11.5. The molecular formula is C20H27N3O. The molecule has 0 radical (unpaired) electrons. The van der Waals surface area contributed by atoms with E-state index in [-0.39, 0.29) is 0 Å². The van der Waals surface area contributed by atoms with Crippen molar-refractivity contribution in [3.05, 3.63) is 47.4 Å². The molecule has 1 aromatic heterocycles. The standard InChI is InChI=1S/C20H27N3O/c1-14(2)19-13-20(22-16(4)21-19)18-7-5-17(6-8-18)15(3)23-9-11-24-12-10-23/h5-8,13-15H,9-12H2,1-4H3. The van der Waals surface area contributed by atoms with E-state index in [0.717, 1.165) is 49.1 Å². The van der Waals surface area contributed by atoms with E-state index in [1.807, 2.05) is 6.92 Å². The van der Waals surface area contributed by atoms with Crippen LogP contribution in [-0.4, -0.2) is 41.2 Å². The number of ether oxygens (including phenoxy) is 1. The summed E-state index contributed by atoms with van der Waals surface area (Å²) in [5, 5.41) is 0. The second kappa shape index (κ2) is 7.41. The quantitative estimate of drug-likeness (QED) is 0.852. The first-order valence-electron chi connectivity index (χ1n) is 8.82. The molecule has 3 rings (SSSR count). The Kier molecular flexibility index (Phi) is 5.27. The minimum absolute atomic E-state index is 0.408. The molecule has 24 heavy (non-hydrogen) atoms. The fourth-order valence-corrected chi connectivity index (χ4v) is 3.14. The number of aryl methyl sites for hydroxylation is 1. The smallest absolute Gasteiger partial charge is 0.126 e. The second-order valence-corrected chi connectivity index (χ2v) is 6.83. The third-order valence-corrected chi connectivity index (χ3v) is 4.73. The average molecular weight is 325 g/mol. The summed E-state index contributed by atoms with van der Waals surface area (Å²) in [6.45, 7) is 12.2. The lowest BCUT2D eigenvalue weighted by Gasteiger charge is -2.32. The van der Waals surface area contributed by atoms with Gasteiger partial charge in [-0.1, -0.05) is 38.1 Å². The van der Waals surface area contributed by atoms with Crippen LogP contribution in [0.5, 0.6) is 0 Å². The molecule has 1 aliphatic rings. The summed E-state index contributed by atoms with van der Waals surface area (Å²) in [5.74, 6) is 1.24. The highest BCUT2D eigenvalue weighted by molar-refractivity contribution is 5.60. The molecule has 4 nitrogen and oxygen atoms in total. The highest BCUT2D eigenvalue weighted by atomic mass is 16.5. The zero-order valence-corrected chi connectivity index (χ0v) is 15.1. The van der Waals surface area contributed by atoms with Crippen LogP contribution in [0.15, 0.2) is 30.3 Å². The summed E-state index contributed by atoms with van der Waals surface area (Å²) >= 11 is 0. The van der Waals surface area contributed by atoms with Crippen LogP contribution in [0.1, 0.15) is 49.8 Å². The highest BCUT2D eigenvalue weighted by Crippen LogP contribution is 2.26. The Bertz CT molecular complexity index is 676. The summed E-state index contributed by atoms with van der Waals surface area (Å²) in [6.07, 6.45) is 0. The van der Waals surface area contributed by atoms with Crippen molar-refractivity contribution in [2.45, 2.75) is 39.7 Å². The van der Waals surface area contributed by atoms with Crippen LogP contribution in [0.3, 0.4) is 0 Å². The molecule has 1 fully saturated rings. The van der Waals surface area contributed by atoms with E-state index in [1.54, 1.807) is 0 Å². The van der Waals surface area contributed by atoms with E-state index in [9.17, 15) is 0 Å². The van der Waals surface area contributed by atoms with Gasteiger partial charge in [0.25, 0.3) is 0 Å². The second-order valence-electron chi connectivity index (χ2n) is 6.83. The predicted molar refractivity (Wildman–Crippen MR) is 97.1 cm³/mol. The molecule has 1 saturated heterocycles. The molecule has 2 aromatic rings. The van der Waals surface area contributed by atoms with Gasteiger partial charge in [-0.15, -0.1) is 0 Å². The van der Waals surface area contributed by atoms with Gasteiger partial charge < -0.3 is 4.74 Å². The Labute approximate surface area is 144 Å². The fourth-order valence-electron chi connectivity index (χ4n) is 3.14. The molecule has 1 aromatic carbocycles. The molecule has 1 atom stereocenters. The Morgan fingerprint density at radius 1 is 1.00 bits per heavy atom. The third-order valence-electron chi connectivity index (χ3n) is 4.73. The van der Waals surface area contributed by atoms with Gasteiger partial charge in [0, 0.05) is 30.4 Å². The molecule has 0 saturated carbocycles. The molecular weight excluding hydrogens is 298 g/mol. The highest BCUT2D eigenvalue weighted by Gasteiger charge is 2.18. The van der Waals surface area contributed by atoms with E-state index >= 15 is 0 Å². The van der Waals surface area contributed by atoms with E-state index < -0.39 is 0 Å². The zero-order chi connectivity index (χ0) is 17.1. The number of aromatic nitrogens is 2. The van der Waals surface area contributed by atoms with E-state index in [0.29, 0.717) is 12.0 Å². The lowest BCUT2D eigenvalue weighted by atomic mass is 10.0. The van der Waals surface area contributed by atoms with Crippen LogP contribution >= 0.6 is 0 Å². The largest absolute Gasteiger partial charge is 0.379 e. The molecule has 0 N–H and O–H groups in total. The first-order valence-corrected chi connectivity index (χ1v) is 8.82. The van der Waals surface area contributed by atoms with Crippen molar-refractivity contribution in [1.82, 2.24) is 14.9 Å². The summed E-state index contributed by atoms with van der Waals surface area (Å²) in [4.78, 5) is 11.6. The Balaban J connectivity index is 1.81. The lowest BCUT2D eigenvalue weighted by molar-refractivity contribution is 0.0198. The van der Waals surface area contributed by atoms with Crippen LogP contribution < -0.4 is 0 Å². The normalized spacial score (nSPS) is 17.2. The molecule has 0 bridgehead atoms. The molecule has 128 valence electrons. The number of hydrogen-bond donors (Lipinski definition) is 0. The van der Waals surface area contributed by atoms with Gasteiger partial charge in [0.15, 0.2) is 0 Å². The van der Waals surface area contributed by atoms with Crippen molar-refractivity contribution in [3.8, 4) is 11.3 Å². The van der Waals surface area contributed by atoms with E-state index in [1.165, 1.54) is 5.56 Å². The zero-order valence-electron chi connectivity index (χ0n) is 15.1. The van der Waals surface area contributed by atoms with E-state index in [2.05, 4.69) is 66.0 Å². The summed E-state index contributed by atoms with van der Waals surface area (Å²) in [7, 11) is 0. The fraction of sp³-hybridized carbons (Fsp3) is 0.500. The third kappa shape index (κ3) is 3.82. The van der Waals surface area contributed by atoms with Crippen molar-refractivity contribution in [2.75, 3.05) is 26.3 Å². The Hall–Kier alpha value is -1.78.